The van der Waals surface area contributed by atoms with Crippen LogP contribution in [-0.2, 0) is 4.79 Å². The monoisotopic (exact) mass is 424 g/mol. The normalized spacial score (nSPS) is 10.6. The van der Waals surface area contributed by atoms with Crippen molar-refractivity contribution < 1.29 is 9.59 Å². The molecule has 8 nitrogen and oxygen atoms in total. The molecule has 2 aromatic carbocycles. The van der Waals surface area contributed by atoms with Gasteiger partial charge in [-0.3, -0.25) is 9.59 Å². The van der Waals surface area contributed by atoms with Crippen molar-refractivity contribution in [3.05, 3.63) is 59.7 Å². The summed E-state index contributed by atoms with van der Waals surface area (Å²) in [4.78, 5) is 26.7. The summed E-state index contributed by atoms with van der Waals surface area (Å²) in [5.74, 6) is -0.117. The highest BCUT2D eigenvalue weighted by Gasteiger charge is 2.14. The molecule has 0 unspecified atom stereocenters. The van der Waals surface area contributed by atoms with Crippen LogP contribution in [0.5, 0.6) is 0 Å². The maximum atomic E-state index is 12.5. The largest absolute Gasteiger partial charge is 0.339 e. The van der Waals surface area contributed by atoms with E-state index in [1.165, 1.54) is 11.8 Å². The summed E-state index contributed by atoms with van der Waals surface area (Å²) in [7, 11) is 0. The minimum Gasteiger partial charge on any atom is -0.339 e. The second kappa shape index (κ2) is 10.0. The van der Waals surface area contributed by atoms with Gasteiger partial charge in [0.15, 0.2) is 0 Å². The Kier molecular flexibility index (Phi) is 7.18. The first kappa shape index (κ1) is 21.5. The SMILES string of the molecule is CCN(CC)C(=O)c1cccc(NC(=O)CSc2nnnn2-c2ccc(C)cc2)c1. The molecule has 0 bridgehead atoms. The van der Waals surface area contributed by atoms with E-state index in [-0.39, 0.29) is 17.6 Å². The molecule has 9 heteroatoms. The predicted molar refractivity (Wildman–Crippen MR) is 117 cm³/mol. The summed E-state index contributed by atoms with van der Waals surface area (Å²) < 4.78 is 1.60. The van der Waals surface area contributed by atoms with E-state index in [1.54, 1.807) is 33.8 Å². The third-order valence-electron chi connectivity index (χ3n) is 4.50. The fourth-order valence-corrected chi connectivity index (χ4v) is 3.56. The minimum absolute atomic E-state index is 0.0530. The summed E-state index contributed by atoms with van der Waals surface area (Å²) in [6.45, 7) is 7.16. The van der Waals surface area contributed by atoms with Crippen LogP contribution in [0.2, 0.25) is 0 Å². The lowest BCUT2D eigenvalue weighted by molar-refractivity contribution is -0.113. The topological polar surface area (TPSA) is 93.0 Å². The van der Waals surface area contributed by atoms with Gasteiger partial charge in [-0.1, -0.05) is 35.5 Å². The van der Waals surface area contributed by atoms with Crippen molar-refractivity contribution in [2.45, 2.75) is 25.9 Å². The van der Waals surface area contributed by atoms with Crippen LogP contribution in [0.25, 0.3) is 5.69 Å². The molecule has 1 heterocycles. The van der Waals surface area contributed by atoms with Crippen LogP contribution < -0.4 is 5.32 Å². The Morgan fingerprint density at radius 1 is 1.10 bits per heavy atom. The lowest BCUT2D eigenvalue weighted by Gasteiger charge is -2.19. The highest BCUT2D eigenvalue weighted by atomic mass is 32.2. The van der Waals surface area contributed by atoms with E-state index in [0.29, 0.717) is 29.5 Å². The molecule has 0 aliphatic carbocycles. The molecule has 0 aliphatic heterocycles. The zero-order valence-corrected chi connectivity index (χ0v) is 18.0. The Labute approximate surface area is 179 Å². The Hall–Kier alpha value is -3.20. The molecule has 3 rings (SSSR count). The number of aromatic nitrogens is 4. The molecule has 30 heavy (non-hydrogen) atoms. The molecule has 2 amide bonds. The number of benzene rings is 2. The van der Waals surface area contributed by atoms with E-state index in [9.17, 15) is 9.59 Å². The zero-order valence-electron chi connectivity index (χ0n) is 17.2. The van der Waals surface area contributed by atoms with E-state index in [4.69, 9.17) is 0 Å². The van der Waals surface area contributed by atoms with E-state index in [0.717, 1.165) is 11.3 Å². The van der Waals surface area contributed by atoms with Gasteiger partial charge >= 0.3 is 0 Å². The van der Waals surface area contributed by atoms with Gasteiger partial charge in [-0.25, -0.2) is 0 Å². The van der Waals surface area contributed by atoms with E-state index in [2.05, 4.69) is 20.8 Å². The molecule has 0 fully saturated rings. The zero-order chi connectivity index (χ0) is 21.5. The van der Waals surface area contributed by atoms with Gasteiger partial charge in [-0.05, 0) is 61.5 Å². The molecule has 0 atom stereocenters. The van der Waals surface area contributed by atoms with Gasteiger partial charge in [0.05, 0.1) is 11.4 Å². The standard InChI is InChI=1S/C21H24N6O2S/c1-4-26(5-2)20(29)16-7-6-8-17(13-16)22-19(28)14-30-21-23-24-25-27(21)18-11-9-15(3)10-12-18/h6-13H,4-5,14H2,1-3H3,(H,22,28). The minimum atomic E-state index is -0.203. The highest BCUT2D eigenvalue weighted by molar-refractivity contribution is 7.99. The van der Waals surface area contributed by atoms with Gasteiger partial charge in [0, 0.05) is 24.3 Å². The van der Waals surface area contributed by atoms with Gasteiger partial charge in [0.2, 0.25) is 11.1 Å². The Morgan fingerprint density at radius 3 is 2.53 bits per heavy atom. The molecule has 0 saturated carbocycles. The van der Waals surface area contributed by atoms with Gasteiger partial charge in [-0.2, -0.15) is 4.68 Å². The lowest BCUT2D eigenvalue weighted by atomic mass is 10.1. The first-order chi connectivity index (χ1) is 14.5. The first-order valence-corrected chi connectivity index (χ1v) is 10.7. The summed E-state index contributed by atoms with van der Waals surface area (Å²) in [6.07, 6.45) is 0. The van der Waals surface area contributed by atoms with Crippen LogP contribution in [0.3, 0.4) is 0 Å². The average Bonchev–Trinajstić information content (AvgIpc) is 3.22. The second-order valence-corrected chi connectivity index (χ2v) is 7.55. The quantitative estimate of drug-likeness (QED) is 0.558. The molecular formula is C21H24N6O2S. The molecule has 0 radical (unpaired) electrons. The summed E-state index contributed by atoms with van der Waals surface area (Å²) in [5.41, 5.74) is 3.10. The van der Waals surface area contributed by atoms with Crippen LogP contribution in [-0.4, -0.2) is 55.8 Å². The number of amides is 2. The van der Waals surface area contributed by atoms with E-state index < -0.39 is 0 Å². The maximum absolute atomic E-state index is 12.5. The summed E-state index contributed by atoms with van der Waals surface area (Å²) >= 11 is 1.24. The molecule has 156 valence electrons. The van der Waals surface area contributed by atoms with Crippen molar-refractivity contribution in [3.8, 4) is 5.69 Å². The second-order valence-electron chi connectivity index (χ2n) is 6.60. The average molecular weight is 425 g/mol. The van der Waals surface area contributed by atoms with Gasteiger partial charge < -0.3 is 10.2 Å². The van der Waals surface area contributed by atoms with Crippen molar-refractivity contribution in [1.82, 2.24) is 25.1 Å². The third kappa shape index (κ3) is 5.24. The predicted octanol–water partition coefficient (Wildman–Crippen LogP) is 3.18. The van der Waals surface area contributed by atoms with Crippen LogP contribution in [0.4, 0.5) is 5.69 Å². The number of carbonyl (C=O) groups excluding carboxylic acids is 2. The number of hydrogen-bond acceptors (Lipinski definition) is 6. The highest BCUT2D eigenvalue weighted by Crippen LogP contribution is 2.19. The Balaban J connectivity index is 1.62. The van der Waals surface area contributed by atoms with Crippen molar-refractivity contribution in [3.63, 3.8) is 0 Å². The summed E-state index contributed by atoms with van der Waals surface area (Å²) in [5, 5.41) is 15.1. The Morgan fingerprint density at radius 2 is 1.83 bits per heavy atom. The fraction of sp³-hybridized carbons (Fsp3) is 0.286. The number of hydrogen-bond donors (Lipinski definition) is 1. The third-order valence-corrected chi connectivity index (χ3v) is 5.42. The molecule has 1 aromatic heterocycles. The smallest absolute Gasteiger partial charge is 0.253 e. The van der Waals surface area contributed by atoms with Crippen molar-refractivity contribution in [1.29, 1.82) is 0 Å². The number of nitrogens with zero attached hydrogens (tertiary/aromatic N) is 5. The molecule has 3 aromatic rings. The van der Waals surface area contributed by atoms with Crippen LogP contribution >= 0.6 is 11.8 Å². The lowest BCUT2D eigenvalue weighted by Crippen LogP contribution is -2.30. The first-order valence-electron chi connectivity index (χ1n) is 9.69. The van der Waals surface area contributed by atoms with Crippen molar-refractivity contribution in [2.24, 2.45) is 0 Å². The number of tetrazole rings is 1. The number of thioether (sulfide) groups is 1. The molecule has 0 spiro atoms. The van der Waals surface area contributed by atoms with E-state index >= 15 is 0 Å². The number of carbonyl (C=O) groups is 2. The number of anilines is 1. The molecule has 0 aliphatic rings. The van der Waals surface area contributed by atoms with Gasteiger partial charge in [0.1, 0.15) is 0 Å². The molecular weight excluding hydrogens is 400 g/mol. The van der Waals surface area contributed by atoms with Crippen LogP contribution in [0.15, 0.2) is 53.7 Å². The van der Waals surface area contributed by atoms with Crippen LogP contribution in [0.1, 0.15) is 29.8 Å². The maximum Gasteiger partial charge on any atom is 0.253 e. The van der Waals surface area contributed by atoms with Gasteiger partial charge in [0.25, 0.3) is 5.91 Å². The van der Waals surface area contributed by atoms with Crippen LogP contribution in [0, 0.1) is 6.92 Å². The number of nitrogens with one attached hydrogen (secondary N) is 1. The Bertz CT molecular complexity index is 1010. The number of rotatable bonds is 8. The van der Waals surface area contributed by atoms with E-state index in [1.807, 2.05) is 45.0 Å². The van der Waals surface area contributed by atoms with Crippen molar-refractivity contribution >= 4 is 29.3 Å². The summed E-state index contributed by atoms with van der Waals surface area (Å²) in [6, 6.07) is 14.8. The molecule has 0 saturated heterocycles. The number of aryl methyl sites for hydroxylation is 1. The molecule has 1 N–H and O–H groups in total. The fourth-order valence-electron chi connectivity index (χ4n) is 2.87. The van der Waals surface area contributed by atoms with Gasteiger partial charge in [-0.15, -0.1) is 5.10 Å². The van der Waals surface area contributed by atoms with Crippen molar-refractivity contribution in [2.75, 3.05) is 24.2 Å².